The number of carbonyl (C=O) groups excluding carboxylic acids is 1. The molecule has 2 aromatic carbocycles. The van der Waals surface area contributed by atoms with Gasteiger partial charge in [-0.1, -0.05) is 42.0 Å². The lowest BCUT2D eigenvalue weighted by Gasteiger charge is -2.12. The van der Waals surface area contributed by atoms with Gasteiger partial charge in [-0.15, -0.1) is 11.3 Å². The Bertz CT molecular complexity index is 876. The van der Waals surface area contributed by atoms with E-state index in [4.69, 9.17) is 0 Å². The number of aromatic nitrogens is 1. The number of hydrogen-bond acceptors (Lipinski definition) is 4. The summed E-state index contributed by atoms with van der Waals surface area (Å²) in [5.74, 6) is -0.579. The Kier molecular flexibility index (Phi) is 5.75. The molecule has 3 aromatic rings. The predicted molar refractivity (Wildman–Crippen MR) is 100 cm³/mol. The molecule has 0 aliphatic rings. The van der Waals surface area contributed by atoms with Gasteiger partial charge in [0.2, 0.25) is 5.91 Å². The van der Waals surface area contributed by atoms with Crippen molar-refractivity contribution in [2.75, 3.05) is 6.54 Å². The zero-order chi connectivity index (χ0) is 18.5. The maximum Gasteiger partial charge on any atom is 0.226 e. The molecule has 0 saturated heterocycles. The van der Waals surface area contributed by atoms with E-state index in [-0.39, 0.29) is 24.7 Å². The first kappa shape index (κ1) is 18.2. The van der Waals surface area contributed by atoms with E-state index in [1.807, 2.05) is 36.6 Å². The number of amides is 1. The second kappa shape index (κ2) is 8.21. The first-order valence-electron chi connectivity index (χ1n) is 8.23. The van der Waals surface area contributed by atoms with Crippen LogP contribution in [0.3, 0.4) is 0 Å². The van der Waals surface area contributed by atoms with Crippen molar-refractivity contribution in [2.45, 2.75) is 19.4 Å². The van der Waals surface area contributed by atoms with E-state index in [2.05, 4.69) is 10.3 Å². The Morgan fingerprint density at radius 2 is 1.88 bits per heavy atom. The predicted octanol–water partition coefficient (Wildman–Crippen LogP) is 3.65. The number of aryl methyl sites for hydroxylation is 1. The van der Waals surface area contributed by atoms with Crippen molar-refractivity contribution in [1.29, 1.82) is 0 Å². The third kappa shape index (κ3) is 4.74. The molecule has 0 saturated carbocycles. The third-order valence-electron chi connectivity index (χ3n) is 3.94. The minimum atomic E-state index is -0.877. The monoisotopic (exact) mass is 370 g/mol. The van der Waals surface area contributed by atoms with E-state index in [0.29, 0.717) is 11.3 Å². The summed E-state index contributed by atoms with van der Waals surface area (Å²) in [6.07, 6.45) is -0.725. The molecule has 6 heteroatoms. The number of aliphatic hydroxyl groups is 1. The number of thiazole rings is 1. The standard InChI is InChI=1S/C20H19FN2O2S/c1-13-2-4-15(5-3-13)20-23-17(12-26-20)10-19(25)22-11-18(24)14-6-8-16(21)9-7-14/h2-9,12,18,24H,10-11H2,1H3,(H,22,25). The number of carbonyl (C=O) groups is 1. The van der Waals surface area contributed by atoms with Crippen LogP contribution in [0.4, 0.5) is 4.39 Å². The zero-order valence-electron chi connectivity index (χ0n) is 14.3. The van der Waals surface area contributed by atoms with Gasteiger partial charge < -0.3 is 10.4 Å². The molecule has 1 atom stereocenters. The van der Waals surface area contributed by atoms with Crippen LogP contribution in [0.5, 0.6) is 0 Å². The summed E-state index contributed by atoms with van der Waals surface area (Å²) in [7, 11) is 0. The van der Waals surface area contributed by atoms with Gasteiger partial charge >= 0.3 is 0 Å². The Morgan fingerprint density at radius 1 is 1.19 bits per heavy atom. The Balaban J connectivity index is 1.53. The van der Waals surface area contributed by atoms with Crippen molar-refractivity contribution >= 4 is 17.2 Å². The van der Waals surface area contributed by atoms with Gasteiger partial charge in [-0.3, -0.25) is 4.79 Å². The van der Waals surface area contributed by atoms with E-state index < -0.39 is 6.10 Å². The molecule has 3 rings (SSSR count). The van der Waals surface area contributed by atoms with E-state index in [9.17, 15) is 14.3 Å². The molecule has 0 radical (unpaired) electrons. The molecular weight excluding hydrogens is 351 g/mol. The number of halogens is 1. The average Bonchev–Trinajstić information content (AvgIpc) is 3.09. The topological polar surface area (TPSA) is 62.2 Å². The highest BCUT2D eigenvalue weighted by Crippen LogP contribution is 2.24. The van der Waals surface area contributed by atoms with Gasteiger partial charge in [0.05, 0.1) is 18.2 Å². The maximum absolute atomic E-state index is 12.9. The molecular formula is C20H19FN2O2S. The fraction of sp³-hybridized carbons (Fsp3) is 0.200. The second-order valence-electron chi connectivity index (χ2n) is 6.06. The fourth-order valence-corrected chi connectivity index (χ4v) is 3.28. The van der Waals surface area contributed by atoms with Crippen LogP contribution in [0.1, 0.15) is 22.9 Å². The van der Waals surface area contributed by atoms with Crippen molar-refractivity contribution in [3.8, 4) is 10.6 Å². The van der Waals surface area contributed by atoms with Gasteiger partial charge in [0, 0.05) is 17.5 Å². The van der Waals surface area contributed by atoms with Crippen LogP contribution in [0.15, 0.2) is 53.9 Å². The van der Waals surface area contributed by atoms with Gasteiger partial charge in [0.1, 0.15) is 10.8 Å². The van der Waals surface area contributed by atoms with Crippen LogP contribution in [0.25, 0.3) is 10.6 Å². The van der Waals surface area contributed by atoms with Crippen molar-refractivity contribution < 1.29 is 14.3 Å². The van der Waals surface area contributed by atoms with E-state index in [1.54, 1.807) is 0 Å². The minimum absolute atomic E-state index is 0.0689. The second-order valence-corrected chi connectivity index (χ2v) is 6.92. The quantitative estimate of drug-likeness (QED) is 0.696. The summed E-state index contributed by atoms with van der Waals surface area (Å²) in [4.78, 5) is 16.6. The normalized spacial score (nSPS) is 12.0. The van der Waals surface area contributed by atoms with Crippen molar-refractivity contribution in [1.82, 2.24) is 10.3 Å². The van der Waals surface area contributed by atoms with Crippen LogP contribution in [0.2, 0.25) is 0 Å². The third-order valence-corrected chi connectivity index (χ3v) is 4.88. The summed E-state index contributed by atoms with van der Waals surface area (Å²) in [5, 5.41) is 15.5. The highest BCUT2D eigenvalue weighted by atomic mass is 32.1. The molecule has 1 amide bonds. The SMILES string of the molecule is Cc1ccc(-c2nc(CC(=O)NCC(O)c3ccc(F)cc3)cs2)cc1. The molecule has 1 heterocycles. The number of rotatable bonds is 6. The van der Waals surface area contributed by atoms with Crippen molar-refractivity contribution in [2.24, 2.45) is 0 Å². The number of nitrogens with one attached hydrogen (secondary N) is 1. The first-order chi connectivity index (χ1) is 12.5. The molecule has 134 valence electrons. The summed E-state index contributed by atoms with van der Waals surface area (Å²) in [5.41, 5.74) is 3.46. The van der Waals surface area contributed by atoms with Crippen LogP contribution < -0.4 is 5.32 Å². The molecule has 0 spiro atoms. The zero-order valence-corrected chi connectivity index (χ0v) is 15.1. The largest absolute Gasteiger partial charge is 0.387 e. The minimum Gasteiger partial charge on any atom is -0.387 e. The molecule has 1 unspecified atom stereocenters. The average molecular weight is 370 g/mol. The van der Waals surface area contributed by atoms with Gasteiger partial charge in [-0.05, 0) is 24.6 Å². The number of benzene rings is 2. The molecule has 1 aromatic heterocycles. The molecule has 0 fully saturated rings. The van der Waals surface area contributed by atoms with E-state index in [0.717, 1.165) is 10.6 Å². The van der Waals surface area contributed by atoms with Crippen LogP contribution in [-0.2, 0) is 11.2 Å². The number of hydrogen-bond donors (Lipinski definition) is 2. The van der Waals surface area contributed by atoms with E-state index in [1.165, 1.54) is 41.2 Å². The van der Waals surface area contributed by atoms with Gasteiger partial charge in [0.25, 0.3) is 0 Å². The van der Waals surface area contributed by atoms with Crippen LogP contribution in [0, 0.1) is 12.7 Å². The van der Waals surface area contributed by atoms with Gasteiger partial charge in [-0.2, -0.15) is 0 Å². The molecule has 26 heavy (non-hydrogen) atoms. The highest BCUT2D eigenvalue weighted by Gasteiger charge is 2.12. The number of aliphatic hydroxyl groups excluding tert-OH is 1. The summed E-state index contributed by atoms with van der Waals surface area (Å²) in [6.45, 7) is 2.10. The van der Waals surface area contributed by atoms with Crippen LogP contribution in [-0.4, -0.2) is 22.5 Å². The summed E-state index contributed by atoms with van der Waals surface area (Å²) >= 11 is 1.50. The lowest BCUT2D eigenvalue weighted by molar-refractivity contribution is -0.120. The van der Waals surface area contributed by atoms with Crippen molar-refractivity contribution in [3.63, 3.8) is 0 Å². The summed E-state index contributed by atoms with van der Waals surface area (Å²) in [6, 6.07) is 13.6. The molecule has 0 aliphatic heterocycles. The van der Waals surface area contributed by atoms with Crippen molar-refractivity contribution in [3.05, 3.63) is 76.5 Å². The number of nitrogens with zero attached hydrogens (tertiary/aromatic N) is 1. The molecule has 0 aliphatic carbocycles. The smallest absolute Gasteiger partial charge is 0.226 e. The van der Waals surface area contributed by atoms with E-state index >= 15 is 0 Å². The lowest BCUT2D eigenvalue weighted by Crippen LogP contribution is -2.29. The maximum atomic E-state index is 12.9. The van der Waals surface area contributed by atoms with Gasteiger partial charge in [-0.25, -0.2) is 9.37 Å². The first-order valence-corrected chi connectivity index (χ1v) is 9.11. The molecule has 4 nitrogen and oxygen atoms in total. The highest BCUT2D eigenvalue weighted by molar-refractivity contribution is 7.13. The lowest BCUT2D eigenvalue weighted by atomic mass is 10.1. The molecule has 0 bridgehead atoms. The Labute approximate surface area is 155 Å². The Hall–Kier alpha value is -2.57. The van der Waals surface area contributed by atoms with Gasteiger partial charge in [0.15, 0.2) is 0 Å². The van der Waals surface area contributed by atoms with Crippen LogP contribution >= 0.6 is 11.3 Å². The fourth-order valence-electron chi connectivity index (χ4n) is 2.46. The Morgan fingerprint density at radius 3 is 2.58 bits per heavy atom. The summed E-state index contributed by atoms with van der Waals surface area (Å²) < 4.78 is 12.9. The molecule has 2 N–H and O–H groups in total.